The van der Waals surface area contributed by atoms with Gasteiger partial charge in [0.05, 0.1) is 26.7 Å². The van der Waals surface area contributed by atoms with Crippen molar-refractivity contribution in [1.82, 2.24) is 0 Å². The van der Waals surface area contributed by atoms with Crippen LogP contribution in [-0.4, -0.2) is 14.3 Å². The zero-order chi connectivity index (χ0) is 23.8. The van der Waals surface area contributed by atoms with Gasteiger partial charge in [-0.3, -0.25) is 9.52 Å². The molecule has 170 valence electrons. The summed E-state index contributed by atoms with van der Waals surface area (Å²) < 4.78 is 67.6. The number of alkyl halides is 3. The first-order chi connectivity index (χ1) is 15.6. The first-order valence-corrected chi connectivity index (χ1v) is 11.9. The molecule has 0 aliphatic carbocycles. The standard InChI is InChI=1S/C23H17F3N2O3S2/c1-14-17-13-15(23(24,25)26)11-12-20(17)32-21(14)22(29)27-18-9-5-6-10-19(18)28-33(30,31)16-7-3-2-4-8-16/h2-13,28H,1H3,(H,27,29). The van der Waals surface area contributed by atoms with Crippen LogP contribution in [0.3, 0.4) is 0 Å². The number of thiophene rings is 1. The molecule has 0 unspecified atom stereocenters. The summed E-state index contributed by atoms with van der Waals surface area (Å²) in [5.41, 5.74) is 0.00661. The lowest BCUT2D eigenvalue weighted by Gasteiger charge is -2.13. The summed E-state index contributed by atoms with van der Waals surface area (Å²) in [5, 5.41) is 3.02. The van der Waals surface area contributed by atoms with E-state index in [-0.39, 0.29) is 21.1 Å². The van der Waals surface area contributed by atoms with Crippen LogP contribution in [-0.2, 0) is 16.2 Å². The maximum Gasteiger partial charge on any atom is 0.416 e. The summed E-state index contributed by atoms with van der Waals surface area (Å²) in [6, 6.07) is 17.4. The highest BCUT2D eigenvalue weighted by Gasteiger charge is 2.31. The van der Waals surface area contributed by atoms with Gasteiger partial charge in [0.25, 0.3) is 15.9 Å². The number of hydrogen-bond acceptors (Lipinski definition) is 4. The van der Waals surface area contributed by atoms with Crippen LogP contribution in [0.1, 0.15) is 20.8 Å². The molecule has 0 saturated heterocycles. The fraction of sp³-hybridized carbons (Fsp3) is 0.0870. The Morgan fingerprint density at radius 3 is 2.21 bits per heavy atom. The van der Waals surface area contributed by atoms with Crippen molar-refractivity contribution in [2.45, 2.75) is 18.0 Å². The predicted octanol–water partition coefficient (Wildman–Crippen LogP) is 6.28. The van der Waals surface area contributed by atoms with Crippen molar-refractivity contribution in [2.24, 2.45) is 0 Å². The van der Waals surface area contributed by atoms with E-state index in [1.807, 2.05) is 0 Å². The molecule has 0 aliphatic rings. The maximum atomic E-state index is 13.1. The summed E-state index contributed by atoms with van der Waals surface area (Å²) in [5.74, 6) is -0.548. The molecule has 0 bridgehead atoms. The van der Waals surface area contributed by atoms with Gasteiger partial charge in [0.1, 0.15) is 0 Å². The molecular weight excluding hydrogens is 473 g/mol. The van der Waals surface area contributed by atoms with Crippen LogP contribution in [0.5, 0.6) is 0 Å². The van der Waals surface area contributed by atoms with Crippen LogP contribution >= 0.6 is 11.3 Å². The summed E-state index contributed by atoms with van der Waals surface area (Å²) >= 11 is 1.07. The first kappa shape index (κ1) is 22.8. The van der Waals surface area contributed by atoms with Gasteiger partial charge >= 0.3 is 6.18 Å². The number of benzene rings is 3. The second kappa shape index (κ2) is 8.53. The van der Waals surface area contributed by atoms with Crippen LogP contribution in [0.15, 0.2) is 77.7 Å². The Hall–Kier alpha value is -3.37. The highest BCUT2D eigenvalue weighted by atomic mass is 32.2. The quantitative estimate of drug-likeness (QED) is 0.346. The number of sulfonamides is 1. The van der Waals surface area contributed by atoms with E-state index in [9.17, 15) is 26.4 Å². The number of aryl methyl sites for hydroxylation is 1. The molecule has 0 fully saturated rings. The Labute approximate surface area is 191 Å². The van der Waals surface area contributed by atoms with E-state index in [1.165, 1.54) is 30.3 Å². The van der Waals surface area contributed by atoms with Crippen LogP contribution < -0.4 is 10.0 Å². The summed E-state index contributed by atoms with van der Waals surface area (Å²) in [6.45, 7) is 1.58. The molecule has 0 atom stereocenters. The number of fused-ring (bicyclic) bond motifs is 1. The normalized spacial score (nSPS) is 12.0. The number of hydrogen-bond donors (Lipinski definition) is 2. The van der Waals surface area contributed by atoms with Gasteiger partial charge in [0.2, 0.25) is 0 Å². The summed E-state index contributed by atoms with van der Waals surface area (Å²) in [4.78, 5) is 13.3. The molecule has 5 nitrogen and oxygen atoms in total. The second-order valence-corrected chi connectivity index (χ2v) is 9.92. The van der Waals surface area contributed by atoms with Crippen LogP contribution in [0, 0.1) is 6.92 Å². The number of halogens is 3. The smallest absolute Gasteiger partial charge is 0.319 e. The SMILES string of the molecule is Cc1c(C(=O)Nc2ccccc2NS(=O)(=O)c2ccccc2)sc2ccc(C(F)(F)F)cc12. The monoisotopic (exact) mass is 490 g/mol. The van der Waals surface area contributed by atoms with Crippen LogP contribution in [0.2, 0.25) is 0 Å². The van der Waals surface area contributed by atoms with Crippen molar-refractivity contribution >= 4 is 48.7 Å². The molecule has 1 heterocycles. The van der Waals surface area contributed by atoms with Crippen molar-refractivity contribution in [3.05, 3.63) is 88.8 Å². The van der Waals surface area contributed by atoms with Gasteiger partial charge in [-0.15, -0.1) is 11.3 Å². The average molecular weight is 491 g/mol. The Morgan fingerprint density at radius 2 is 1.55 bits per heavy atom. The lowest BCUT2D eigenvalue weighted by atomic mass is 10.1. The lowest BCUT2D eigenvalue weighted by Crippen LogP contribution is -2.17. The zero-order valence-corrected chi connectivity index (χ0v) is 18.7. The third kappa shape index (κ3) is 4.71. The van der Waals surface area contributed by atoms with Crippen molar-refractivity contribution < 1.29 is 26.4 Å². The molecule has 0 radical (unpaired) electrons. The zero-order valence-electron chi connectivity index (χ0n) is 17.1. The van der Waals surface area contributed by atoms with Crippen LogP contribution in [0.4, 0.5) is 24.5 Å². The van der Waals surface area contributed by atoms with E-state index in [2.05, 4.69) is 10.0 Å². The number of carbonyl (C=O) groups is 1. The number of para-hydroxylation sites is 2. The van der Waals surface area contributed by atoms with Crippen molar-refractivity contribution in [1.29, 1.82) is 0 Å². The predicted molar refractivity (Wildman–Crippen MR) is 123 cm³/mol. The first-order valence-electron chi connectivity index (χ1n) is 9.65. The van der Waals surface area contributed by atoms with Crippen molar-refractivity contribution in [3.8, 4) is 0 Å². The largest absolute Gasteiger partial charge is 0.416 e. The molecule has 4 aromatic rings. The van der Waals surface area contributed by atoms with Crippen molar-refractivity contribution in [3.63, 3.8) is 0 Å². The van der Waals surface area contributed by atoms with E-state index in [1.54, 1.807) is 37.3 Å². The number of anilines is 2. The van der Waals surface area contributed by atoms with Crippen molar-refractivity contribution in [2.75, 3.05) is 10.0 Å². The molecule has 0 aliphatic heterocycles. The van der Waals surface area contributed by atoms with E-state index in [0.717, 1.165) is 23.5 Å². The van der Waals surface area contributed by atoms with Gasteiger partial charge in [-0.05, 0) is 60.3 Å². The molecule has 4 rings (SSSR count). The Kier molecular flexibility index (Phi) is 5.89. The van der Waals surface area contributed by atoms with Gasteiger partial charge in [-0.1, -0.05) is 30.3 Å². The molecular formula is C23H17F3N2O3S2. The van der Waals surface area contributed by atoms with Gasteiger partial charge in [-0.2, -0.15) is 13.2 Å². The minimum Gasteiger partial charge on any atom is -0.319 e. The molecule has 33 heavy (non-hydrogen) atoms. The summed E-state index contributed by atoms with van der Waals surface area (Å²) in [7, 11) is -3.89. The topological polar surface area (TPSA) is 75.3 Å². The number of rotatable bonds is 5. The van der Waals surface area contributed by atoms with Gasteiger partial charge < -0.3 is 5.32 Å². The molecule has 3 aromatic carbocycles. The van der Waals surface area contributed by atoms with E-state index in [4.69, 9.17) is 0 Å². The third-order valence-electron chi connectivity index (χ3n) is 4.94. The van der Waals surface area contributed by atoms with E-state index >= 15 is 0 Å². The highest BCUT2D eigenvalue weighted by Crippen LogP contribution is 2.37. The average Bonchev–Trinajstić information content (AvgIpc) is 3.11. The molecule has 0 saturated carbocycles. The van der Waals surface area contributed by atoms with E-state index < -0.39 is 27.7 Å². The molecule has 10 heteroatoms. The molecule has 1 aromatic heterocycles. The Balaban J connectivity index is 1.64. The number of carbonyl (C=O) groups excluding carboxylic acids is 1. The molecule has 2 N–H and O–H groups in total. The minimum absolute atomic E-state index is 0.0620. The highest BCUT2D eigenvalue weighted by molar-refractivity contribution is 7.92. The lowest BCUT2D eigenvalue weighted by molar-refractivity contribution is -0.137. The Morgan fingerprint density at radius 1 is 0.909 bits per heavy atom. The van der Waals surface area contributed by atoms with Gasteiger partial charge in [-0.25, -0.2) is 8.42 Å². The van der Waals surface area contributed by atoms with Crippen LogP contribution in [0.25, 0.3) is 10.1 Å². The Bertz CT molecular complexity index is 1450. The number of nitrogens with one attached hydrogen (secondary N) is 2. The van der Waals surface area contributed by atoms with Gasteiger partial charge in [0, 0.05) is 4.70 Å². The van der Waals surface area contributed by atoms with E-state index in [0.29, 0.717) is 15.6 Å². The summed E-state index contributed by atoms with van der Waals surface area (Å²) in [6.07, 6.45) is -4.49. The maximum absolute atomic E-state index is 13.1. The molecule has 0 spiro atoms. The number of amides is 1. The third-order valence-corrected chi connectivity index (χ3v) is 7.60. The van der Waals surface area contributed by atoms with Gasteiger partial charge in [0.15, 0.2) is 0 Å². The fourth-order valence-corrected chi connectivity index (χ4v) is 5.46. The molecule has 1 amide bonds. The second-order valence-electron chi connectivity index (χ2n) is 7.18. The minimum atomic E-state index is -4.49. The fourth-order valence-electron chi connectivity index (χ4n) is 3.28.